The number of aromatic nitrogens is 3. The van der Waals surface area contributed by atoms with Crippen molar-refractivity contribution >= 4 is 0 Å². The number of hydrogen-bond donors (Lipinski definition) is 3. The molecule has 0 radical (unpaired) electrons. The summed E-state index contributed by atoms with van der Waals surface area (Å²) in [4.78, 5) is 1.61. The molecule has 6 heteroatoms. The number of aliphatic hydroxyl groups is 1. The van der Waals surface area contributed by atoms with E-state index in [4.69, 9.17) is 5.11 Å². The Morgan fingerprint density at radius 2 is 1.81 bits per heavy atom. The van der Waals surface area contributed by atoms with Crippen LogP contribution in [0.15, 0.2) is 30.3 Å². The van der Waals surface area contributed by atoms with Crippen LogP contribution in [0.5, 0.6) is 0 Å². The van der Waals surface area contributed by atoms with Gasteiger partial charge in [-0.15, -0.1) is 0 Å². The molecule has 0 spiro atoms. The summed E-state index contributed by atoms with van der Waals surface area (Å²) in [6.07, 6.45) is 1.01. The van der Waals surface area contributed by atoms with Crippen molar-refractivity contribution in [3.63, 3.8) is 0 Å². The van der Waals surface area contributed by atoms with E-state index in [9.17, 15) is 0 Å². The average Bonchev–Trinajstić information content (AvgIpc) is 2.88. The largest absolute Gasteiger partial charge is 0.395 e. The second-order valence-electron chi connectivity index (χ2n) is 4.85. The molecule has 21 heavy (non-hydrogen) atoms. The Morgan fingerprint density at radius 3 is 2.57 bits per heavy atom. The molecule has 0 aliphatic heterocycles. The number of nitrogens with zero attached hydrogens (tertiary/aromatic N) is 3. The molecule has 0 atom stereocenters. The van der Waals surface area contributed by atoms with E-state index in [0.717, 1.165) is 36.5 Å². The first-order valence-electron chi connectivity index (χ1n) is 7.29. The van der Waals surface area contributed by atoms with E-state index in [2.05, 4.69) is 20.8 Å². The van der Waals surface area contributed by atoms with E-state index in [1.54, 1.807) is 4.80 Å². The smallest absolute Gasteiger partial charge is 0.117 e. The zero-order valence-corrected chi connectivity index (χ0v) is 12.4. The van der Waals surface area contributed by atoms with E-state index >= 15 is 0 Å². The lowest BCUT2D eigenvalue weighted by Crippen LogP contribution is -2.24. The molecule has 1 aromatic heterocycles. The van der Waals surface area contributed by atoms with Crippen LogP contribution in [0.25, 0.3) is 11.3 Å². The molecular weight excluding hydrogens is 266 g/mol. The van der Waals surface area contributed by atoms with E-state index in [-0.39, 0.29) is 6.61 Å². The van der Waals surface area contributed by atoms with Crippen molar-refractivity contribution in [2.45, 2.75) is 13.0 Å². The lowest BCUT2D eigenvalue weighted by Gasteiger charge is -2.05. The quantitative estimate of drug-likeness (QED) is 0.588. The van der Waals surface area contributed by atoms with Crippen molar-refractivity contribution in [3.05, 3.63) is 36.0 Å². The maximum absolute atomic E-state index is 8.66. The third-order valence-corrected chi connectivity index (χ3v) is 3.12. The van der Waals surface area contributed by atoms with Gasteiger partial charge in [0.1, 0.15) is 11.4 Å². The molecule has 114 valence electrons. The molecule has 6 nitrogen and oxygen atoms in total. The lowest BCUT2D eigenvalue weighted by molar-refractivity contribution is 0.292. The molecule has 0 amide bonds. The molecular formula is C15H23N5O. The van der Waals surface area contributed by atoms with Gasteiger partial charge in [-0.05, 0) is 19.5 Å². The van der Waals surface area contributed by atoms with Crippen molar-refractivity contribution in [3.8, 4) is 11.3 Å². The summed E-state index contributed by atoms with van der Waals surface area (Å²) in [5, 5.41) is 24.1. The second-order valence-corrected chi connectivity index (χ2v) is 4.85. The van der Waals surface area contributed by atoms with Crippen molar-refractivity contribution in [2.24, 2.45) is 7.05 Å². The Morgan fingerprint density at radius 1 is 1.05 bits per heavy atom. The summed E-state index contributed by atoms with van der Waals surface area (Å²) in [6.45, 7) is 3.36. The number of hydrogen-bond acceptors (Lipinski definition) is 5. The van der Waals surface area contributed by atoms with Crippen LogP contribution in [0.3, 0.4) is 0 Å². The SMILES string of the molecule is Cn1nc(CNCCCNCCO)c(-c2ccccc2)n1. The molecule has 2 rings (SSSR count). The maximum Gasteiger partial charge on any atom is 0.117 e. The van der Waals surface area contributed by atoms with Gasteiger partial charge in [-0.25, -0.2) is 0 Å². The fraction of sp³-hybridized carbons (Fsp3) is 0.467. The van der Waals surface area contributed by atoms with Gasteiger partial charge in [0, 0.05) is 25.7 Å². The predicted octanol–water partition coefficient (Wildman–Crippen LogP) is 0.544. The van der Waals surface area contributed by atoms with Crippen LogP contribution >= 0.6 is 0 Å². The summed E-state index contributed by atoms with van der Waals surface area (Å²) in [5.74, 6) is 0. The minimum absolute atomic E-state index is 0.188. The molecule has 0 saturated carbocycles. The Labute approximate surface area is 125 Å². The third-order valence-electron chi connectivity index (χ3n) is 3.12. The number of aryl methyl sites for hydroxylation is 1. The van der Waals surface area contributed by atoms with Crippen LogP contribution < -0.4 is 10.6 Å². The number of rotatable bonds is 9. The van der Waals surface area contributed by atoms with Gasteiger partial charge in [0.05, 0.1) is 6.61 Å². The number of aliphatic hydroxyl groups excluding tert-OH is 1. The fourth-order valence-electron chi connectivity index (χ4n) is 2.14. The lowest BCUT2D eigenvalue weighted by atomic mass is 10.1. The van der Waals surface area contributed by atoms with Crippen LogP contribution in [0.4, 0.5) is 0 Å². The minimum Gasteiger partial charge on any atom is -0.395 e. The molecule has 2 aromatic rings. The van der Waals surface area contributed by atoms with E-state index in [1.165, 1.54) is 0 Å². The van der Waals surface area contributed by atoms with Crippen molar-refractivity contribution in [1.82, 2.24) is 25.6 Å². The van der Waals surface area contributed by atoms with Crippen LogP contribution in [0, 0.1) is 0 Å². The molecule has 3 N–H and O–H groups in total. The first-order chi connectivity index (χ1) is 10.3. The van der Waals surface area contributed by atoms with E-state index in [0.29, 0.717) is 13.1 Å². The summed E-state index contributed by atoms with van der Waals surface area (Å²) in [7, 11) is 1.84. The highest BCUT2D eigenvalue weighted by Gasteiger charge is 2.10. The summed E-state index contributed by atoms with van der Waals surface area (Å²) < 4.78 is 0. The number of benzene rings is 1. The van der Waals surface area contributed by atoms with Gasteiger partial charge < -0.3 is 15.7 Å². The van der Waals surface area contributed by atoms with Crippen LogP contribution in [-0.4, -0.2) is 46.3 Å². The van der Waals surface area contributed by atoms with Gasteiger partial charge >= 0.3 is 0 Å². The highest BCUT2D eigenvalue weighted by atomic mass is 16.3. The highest BCUT2D eigenvalue weighted by molar-refractivity contribution is 5.60. The molecule has 0 fully saturated rings. The second kappa shape index (κ2) is 8.51. The van der Waals surface area contributed by atoms with E-state index < -0.39 is 0 Å². The predicted molar refractivity (Wildman–Crippen MR) is 82.7 cm³/mol. The minimum atomic E-state index is 0.188. The zero-order chi connectivity index (χ0) is 14.9. The molecule has 0 aliphatic carbocycles. The van der Waals surface area contributed by atoms with Crippen molar-refractivity contribution in [2.75, 3.05) is 26.2 Å². The van der Waals surface area contributed by atoms with Gasteiger partial charge in [0.2, 0.25) is 0 Å². The Bertz CT molecular complexity index is 526. The molecule has 0 saturated heterocycles. The van der Waals surface area contributed by atoms with Gasteiger partial charge in [0.15, 0.2) is 0 Å². The number of nitrogens with one attached hydrogen (secondary N) is 2. The van der Waals surface area contributed by atoms with Crippen LogP contribution in [-0.2, 0) is 13.6 Å². The third kappa shape index (κ3) is 4.93. The molecule has 1 aromatic carbocycles. The normalized spacial score (nSPS) is 11.0. The maximum atomic E-state index is 8.66. The molecule has 0 unspecified atom stereocenters. The Balaban J connectivity index is 1.84. The first kappa shape index (κ1) is 15.6. The van der Waals surface area contributed by atoms with Crippen molar-refractivity contribution in [1.29, 1.82) is 0 Å². The molecule has 0 bridgehead atoms. The van der Waals surface area contributed by atoms with Crippen LogP contribution in [0.2, 0.25) is 0 Å². The molecule has 1 heterocycles. The highest BCUT2D eigenvalue weighted by Crippen LogP contribution is 2.19. The summed E-state index contributed by atoms with van der Waals surface area (Å²) in [6, 6.07) is 10.1. The summed E-state index contributed by atoms with van der Waals surface area (Å²) >= 11 is 0. The van der Waals surface area contributed by atoms with Crippen molar-refractivity contribution < 1.29 is 5.11 Å². The van der Waals surface area contributed by atoms with Gasteiger partial charge in [-0.3, -0.25) is 0 Å². The van der Waals surface area contributed by atoms with E-state index in [1.807, 2.05) is 37.4 Å². The van der Waals surface area contributed by atoms with Gasteiger partial charge in [-0.1, -0.05) is 30.3 Å². The average molecular weight is 289 g/mol. The fourth-order valence-corrected chi connectivity index (χ4v) is 2.14. The first-order valence-corrected chi connectivity index (χ1v) is 7.29. The Kier molecular flexibility index (Phi) is 6.33. The Hall–Kier alpha value is -1.76. The molecule has 0 aliphatic rings. The zero-order valence-electron chi connectivity index (χ0n) is 12.4. The summed E-state index contributed by atoms with van der Waals surface area (Å²) in [5.41, 5.74) is 2.99. The van der Waals surface area contributed by atoms with Gasteiger partial charge in [0.25, 0.3) is 0 Å². The van der Waals surface area contributed by atoms with Crippen LogP contribution in [0.1, 0.15) is 12.1 Å². The monoisotopic (exact) mass is 289 g/mol. The van der Waals surface area contributed by atoms with Gasteiger partial charge in [-0.2, -0.15) is 15.0 Å². The topological polar surface area (TPSA) is 75.0 Å². The standard InChI is InChI=1S/C15H23N5O/c1-20-18-14(12-17-9-5-8-16-10-11-21)15(19-20)13-6-3-2-4-7-13/h2-4,6-7,16-17,21H,5,8-12H2,1H3.